The van der Waals surface area contributed by atoms with Crippen molar-refractivity contribution in [2.75, 3.05) is 11.9 Å². The van der Waals surface area contributed by atoms with E-state index in [1.165, 1.54) is 0 Å². The first kappa shape index (κ1) is 13.8. The summed E-state index contributed by atoms with van der Waals surface area (Å²) in [7, 11) is 0. The van der Waals surface area contributed by atoms with Crippen LogP contribution in [0.15, 0.2) is 28.9 Å². The zero-order valence-corrected chi connectivity index (χ0v) is 12.4. The van der Waals surface area contributed by atoms with Crippen LogP contribution in [0.5, 0.6) is 0 Å². The molecule has 2 N–H and O–H groups in total. The Balaban J connectivity index is 1.50. The zero-order valence-electron chi connectivity index (χ0n) is 11.6. The molecule has 0 aliphatic carbocycles. The molecule has 110 valence electrons. The monoisotopic (exact) mass is 304 g/mol. The van der Waals surface area contributed by atoms with Gasteiger partial charge in [-0.05, 0) is 24.6 Å². The van der Waals surface area contributed by atoms with Crippen LogP contribution in [0.3, 0.4) is 0 Å². The molecule has 2 aromatic rings. The lowest BCUT2D eigenvalue weighted by Crippen LogP contribution is -2.35. The molecule has 2 heterocycles. The van der Waals surface area contributed by atoms with Gasteiger partial charge in [0.25, 0.3) is 0 Å². The molecule has 1 atom stereocenters. The van der Waals surface area contributed by atoms with Gasteiger partial charge in [-0.1, -0.05) is 12.1 Å². The maximum absolute atomic E-state index is 11.9. The number of benzene rings is 1. The molecule has 6 nitrogen and oxygen atoms in total. The Labute approximate surface area is 126 Å². The Morgan fingerprint density at radius 3 is 3.24 bits per heavy atom. The van der Waals surface area contributed by atoms with E-state index >= 15 is 0 Å². The van der Waals surface area contributed by atoms with E-state index in [-0.39, 0.29) is 12.1 Å². The van der Waals surface area contributed by atoms with Gasteiger partial charge in [-0.15, -0.1) is 11.3 Å². The number of fused-ring (bicyclic) bond motifs is 1. The smallest absolute Gasteiger partial charge is 0.319 e. The van der Waals surface area contributed by atoms with Crippen LogP contribution in [0, 0.1) is 0 Å². The highest BCUT2D eigenvalue weighted by atomic mass is 32.1. The number of hydrogen-bond donors (Lipinski definition) is 2. The van der Waals surface area contributed by atoms with Gasteiger partial charge in [-0.3, -0.25) is 0 Å². The van der Waals surface area contributed by atoms with E-state index in [1.54, 1.807) is 16.8 Å². The second-order valence-corrected chi connectivity index (χ2v) is 5.70. The number of hydrogen-bond acceptors (Lipinski definition) is 5. The number of carbonyl (C=O) groups is 1. The van der Waals surface area contributed by atoms with E-state index in [0.29, 0.717) is 6.54 Å². The second-order valence-electron chi connectivity index (χ2n) is 4.81. The average molecular weight is 304 g/mol. The predicted octanol–water partition coefficient (Wildman–Crippen LogP) is 2.97. The van der Waals surface area contributed by atoms with Gasteiger partial charge in [-0.2, -0.15) is 0 Å². The van der Waals surface area contributed by atoms with E-state index in [1.807, 2.05) is 25.1 Å². The summed E-state index contributed by atoms with van der Waals surface area (Å²) in [4.78, 5) is 21.3. The fraction of sp³-hybridized carbons (Fsp3) is 0.357. The van der Waals surface area contributed by atoms with Crippen LogP contribution in [-0.2, 0) is 4.84 Å². The van der Waals surface area contributed by atoms with E-state index in [9.17, 15) is 4.79 Å². The minimum Gasteiger partial charge on any atom is -0.390 e. The summed E-state index contributed by atoms with van der Waals surface area (Å²) in [6, 6.07) is 5.40. The Kier molecular flexibility index (Phi) is 4.01. The molecule has 2 amide bonds. The first-order chi connectivity index (χ1) is 10.2. The summed E-state index contributed by atoms with van der Waals surface area (Å²) in [5.74, 6) is 0. The van der Waals surface area contributed by atoms with Crippen LogP contribution in [0.25, 0.3) is 10.2 Å². The van der Waals surface area contributed by atoms with Crippen LogP contribution in [0.1, 0.15) is 19.8 Å². The summed E-state index contributed by atoms with van der Waals surface area (Å²) in [6.07, 6.45) is 1.61. The summed E-state index contributed by atoms with van der Waals surface area (Å²) in [6.45, 7) is 2.49. The predicted molar refractivity (Wildman–Crippen MR) is 83.9 cm³/mol. The van der Waals surface area contributed by atoms with Gasteiger partial charge in [0, 0.05) is 12.1 Å². The Hall–Kier alpha value is -2.15. The second kappa shape index (κ2) is 6.09. The topological polar surface area (TPSA) is 75.6 Å². The molecule has 0 fully saturated rings. The van der Waals surface area contributed by atoms with Crippen molar-refractivity contribution in [3.63, 3.8) is 0 Å². The Bertz CT molecular complexity index is 682. The van der Waals surface area contributed by atoms with Crippen molar-refractivity contribution in [2.45, 2.75) is 25.9 Å². The fourth-order valence-electron chi connectivity index (χ4n) is 2.12. The lowest BCUT2D eigenvalue weighted by molar-refractivity contribution is 0.0870. The molecular formula is C14H16N4O2S. The van der Waals surface area contributed by atoms with Crippen molar-refractivity contribution in [3.8, 4) is 0 Å². The molecule has 0 spiro atoms. The first-order valence-electron chi connectivity index (χ1n) is 6.84. The van der Waals surface area contributed by atoms with Crippen molar-refractivity contribution in [1.82, 2.24) is 10.3 Å². The van der Waals surface area contributed by atoms with Gasteiger partial charge >= 0.3 is 6.03 Å². The summed E-state index contributed by atoms with van der Waals surface area (Å²) in [5.41, 5.74) is 4.52. The van der Waals surface area contributed by atoms with Crippen molar-refractivity contribution >= 4 is 39.0 Å². The SMILES string of the molecule is CCC1=NO[C@@H](CNC(=O)Nc2ccc3ncsc3c2)C1. The molecule has 1 aliphatic rings. The zero-order chi connectivity index (χ0) is 14.7. The van der Waals surface area contributed by atoms with Crippen LogP contribution in [0.4, 0.5) is 10.5 Å². The number of nitrogens with one attached hydrogen (secondary N) is 2. The summed E-state index contributed by atoms with van der Waals surface area (Å²) < 4.78 is 1.05. The molecule has 21 heavy (non-hydrogen) atoms. The fourth-order valence-corrected chi connectivity index (χ4v) is 2.84. The molecule has 7 heteroatoms. The van der Waals surface area contributed by atoms with Crippen LogP contribution in [-0.4, -0.2) is 29.4 Å². The van der Waals surface area contributed by atoms with E-state index in [0.717, 1.165) is 34.5 Å². The van der Waals surface area contributed by atoms with Crippen molar-refractivity contribution < 1.29 is 9.63 Å². The summed E-state index contributed by atoms with van der Waals surface area (Å²) in [5, 5.41) is 9.57. The Morgan fingerprint density at radius 1 is 1.52 bits per heavy atom. The van der Waals surface area contributed by atoms with E-state index in [4.69, 9.17) is 4.84 Å². The molecule has 0 bridgehead atoms. The van der Waals surface area contributed by atoms with Crippen molar-refractivity contribution in [2.24, 2.45) is 5.16 Å². The molecule has 1 aromatic carbocycles. The number of nitrogens with zero attached hydrogens (tertiary/aromatic N) is 2. The number of aromatic nitrogens is 1. The lowest BCUT2D eigenvalue weighted by atomic mass is 10.1. The minimum atomic E-state index is -0.243. The lowest BCUT2D eigenvalue weighted by Gasteiger charge is -2.11. The number of anilines is 1. The molecule has 0 saturated heterocycles. The third-order valence-corrected chi connectivity index (χ3v) is 4.07. The normalized spacial score (nSPS) is 17.4. The van der Waals surface area contributed by atoms with Gasteiger partial charge in [0.1, 0.15) is 6.10 Å². The van der Waals surface area contributed by atoms with Gasteiger partial charge in [0.15, 0.2) is 0 Å². The largest absolute Gasteiger partial charge is 0.390 e. The van der Waals surface area contributed by atoms with E-state index in [2.05, 4.69) is 20.8 Å². The first-order valence-corrected chi connectivity index (χ1v) is 7.72. The highest BCUT2D eigenvalue weighted by molar-refractivity contribution is 7.16. The van der Waals surface area contributed by atoms with Gasteiger partial charge < -0.3 is 15.5 Å². The molecule has 0 unspecified atom stereocenters. The molecule has 3 rings (SSSR count). The highest BCUT2D eigenvalue weighted by Gasteiger charge is 2.20. The third kappa shape index (κ3) is 3.30. The number of urea groups is 1. The number of amides is 2. The number of thiazole rings is 1. The van der Waals surface area contributed by atoms with Gasteiger partial charge in [0.2, 0.25) is 0 Å². The van der Waals surface area contributed by atoms with Crippen LogP contribution >= 0.6 is 11.3 Å². The minimum absolute atomic E-state index is 0.0605. The maximum atomic E-state index is 11.9. The highest BCUT2D eigenvalue weighted by Crippen LogP contribution is 2.21. The molecule has 0 saturated carbocycles. The Morgan fingerprint density at radius 2 is 2.43 bits per heavy atom. The van der Waals surface area contributed by atoms with Crippen LogP contribution in [0.2, 0.25) is 0 Å². The maximum Gasteiger partial charge on any atom is 0.319 e. The quantitative estimate of drug-likeness (QED) is 0.911. The molecular weight excluding hydrogens is 288 g/mol. The number of oxime groups is 1. The molecule has 1 aromatic heterocycles. The van der Waals surface area contributed by atoms with Crippen LogP contribution < -0.4 is 10.6 Å². The van der Waals surface area contributed by atoms with Gasteiger partial charge in [-0.25, -0.2) is 9.78 Å². The van der Waals surface area contributed by atoms with E-state index < -0.39 is 0 Å². The molecule has 0 radical (unpaired) electrons. The average Bonchev–Trinajstić information content (AvgIpc) is 3.13. The third-order valence-electron chi connectivity index (χ3n) is 3.28. The van der Waals surface area contributed by atoms with Crippen molar-refractivity contribution in [3.05, 3.63) is 23.7 Å². The number of carbonyl (C=O) groups excluding carboxylic acids is 1. The standard InChI is InChI=1S/C14H16N4O2S/c1-2-9-5-11(20-18-9)7-15-14(19)17-10-3-4-12-13(6-10)21-8-16-12/h3-4,6,8,11H,2,5,7H2,1H3,(H2,15,17,19)/t11-/m1/s1. The van der Waals surface area contributed by atoms with Crippen molar-refractivity contribution in [1.29, 1.82) is 0 Å². The molecule has 1 aliphatic heterocycles. The summed E-state index contributed by atoms with van der Waals surface area (Å²) >= 11 is 1.55. The van der Waals surface area contributed by atoms with Gasteiger partial charge in [0.05, 0.1) is 28.0 Å². The number of rotatable bonds is 4.